The molecule has 2 nitrogen and oxygen atoms in total. The van der Waals surface area contributed by atoms with Crippen molar-refractivity contribution < 1.29 is 18.3 Å². The van der Waals surface area contributed by atoms with E-state index in [2.05, 4.69) is 12.2 Å². The minimum atomic E-state index is -4.47. The van der Waals surface area contributed by atoms with E-state index < -0.39 is 17.8 Å². The zero-order valence-electron chi connectivity index (χ0n) is 15.2. The number of fused-ring (bicyclic) bond motifs is 3. The van der Waals surface area contributed by atoms with Gasteiger partial charge in [-0.2, -0.15) is 13.2 Å². The normalized spacial score (nSPS) is 13.4. The lowest BCUT2D eigenvalue weighted by atomic mass is 9.93. The molecule has 0 aliphatic rings. The third-order valence-electron chi connectivity index (χ3n) is 4.75. The van der Waals surface area contributed by atoms with Crippen LogP contribution in [0.25, 0.3) is 21.5 Å². The van der Waals surface area contributed by atoms with Crippen molar-refractivity contribution in [2.45, 2.75) is 32.0 Å². The van der Waals surface area contributed by atoms with Crippen LogP contribution in [-0.4, -0.2) is 18.2 Å². The molecule has 0 fully saturated rings. The first kappa shape index (κ1) is 21.2. The van der Waals surface area contributed by atoms with Crippen LogP contribution in [-0.2, 0) is 6.18 Å². The summed E-state index contributed by atoms with van der Waals surface area (Å²) in [5.41, 5.74) is -0.227. The van der Waals surface area contributed by atoms with E-state index >= 15 is 0 Å². The molecule has 0 saturated heterocycles. The van der Waals surface area contributed by atoms with Gasteiger partial charge in [-0.3, -0.25) is 0 Å². The van der Waals surface area contributed by atoms with Crippen LogP contribution in [0.5, 0.6) is 0 Å². The smallest absolute Gasteiger partial charge is 0.387 e. The number of alkyl halides is 3. The predicted molar refractivity (Wildman–Crippen MR) is 109 cm³/mol. The van der Waals surface area contributed by atoms with Gasteiger partial charge in [0.15, 0.2) is 0 Å². The van der Waals surface area contributed by atoms with Crippen molar-refractivity contribution in [3.8, 4) is 0 Å². The quantitative estimate of drug-likeness (QED) is 0.335. The Bertz CT molecular complexity index is 1000. The minimum absolute atomic E-state index is 0.298. The largest absolute Gasteiger partial charge is 0.416 e. The first-order valence-corrected chi connectivity index (χ1v) is 9.79. The highest BCUT2D eigenvalue weighted by Gasteiger charge is 2.31. The van der Waals surface area contributed by atoms with Gasteiger partial charge in [0.2, 0.25) is 0 Å². The highest BCUT2D eigenvalue weighted by atomic mass is 35.5. The van der Waals surface area contributed by atoms with Crippen LogP contribution in [0.2, 0.25) is 10.0 Å². The molecule has 3 rings (SSSR count). The second-order valence-corrected chi connectivity index (χ2v) is 7.62. The van der Waals surface area contributed by atoms with Crippen LogP contribution < -0.4 is 5.32 Å². The molecule has 3 aromatic rings. The maximum absolute atomic E-state index is 13.3. The summed E-state index contributed by atoms with van der Waals surface area (Å²) in [7, 11) is 0. The Morgan fingerprint density at radius 1 is 1.00 bits per heavy atom. The summed E-state index contributed by atoms with van der Waals surface area (Å²) < 4.78 is 39.8. The van der Waals surface area contributed by atoms with Crippen LogP contribution >= 0.6 is 23.2 Å². The highest BCUT2D eigenvalue weighted by Crippen LogP contribution is 2.40. The van der Waals surface area contributed by atoms with Crippen LogP contribution in [0.15, 0.2) is 36.4 Å². The number of aliphatic hydroxyl groups excluding tert-OH is 1. The number of halogens is 5. The van der Waals surface area contributed by atoms with Crippen molar-refractivity contribution in [3.63, 3.8) is 0 Å². The standard InChI is InChI=1S/C21H20Cl2F3NO/c1-2-3-6-27-11-20(28)18-10-17-16(8-13(22)9-19(17)23)15-7-12(21(24,25)26)4-5-14(15)18/h4-5,7-10,20,27-28H,2-3,6,11H2,1H3/t20-/m1/s1. The van der Waals surface area contributed by atoms with Crippen LogP contribution in [0.1, 0.15) is 37.0 Å². The first-order valence-electron chi connectivity index (χ1n) is 9.03. The molecule has 150 valence electrons. The van der Waals surface area contributed by atoms with Gasteiger partial charge >= 0.3 is 6.18 Å². The van der Waals surface area contributed by atoms with E-state index in [0.717, 1.165) is 31.5 Å². The molecule has 0 bridgehead atoms. The van der Waals surface area contributed by atoms with E-state index in [4.69, 9.17) is 23.2 Å². The van der Waals surface area contributed by atoms with E-state index in [9.17, 15) is 18.3 Å². The molecule has 28 heavy (non-hydrogen) atoms. The van der Waals surface area contributed by atoms with E-state index in [1.54, 1.807) is 18.2 Å². The molecule has 0 spiro atoms. The van der Waals surface area contributed by atoms with E-state index in [1.807, 2.05) is 0 Å². The zero-order valence-corrected chi connectivity index (χ0v) is 16.7. The number of unbranched alkanes of at least 4 members (excludes halogenated alkanes) is 1. The maximum atomic E-state index is 13.3. The molecule has 0 unspecified atom stereocenters. The Labute approximate surface area is 171 Å². The Morgan fingerprint density at radius 2 is 1.71 bits per heavy atom. The number of rotatable bonds is 6. The average molecular weight is 430 g/mol. The lowest BCUT2D eigenvalue weighted by molar-refractivity contribution is -0.137. The minimum Gasteiger partial charge on any atom is -0.387 e. The Hall–Kier alpha value is -1.53. The molecule has 1 atom stereocenters. The van der Waals surface area contributed by atoms with Crippen molar-refractivity contribution in [2.75, 3.05) is 13.1 Å². The molecule has 0 aliphatic carbocycles. The van der Waals surface area contributed by atoms with E-state index in [0.29, 0.717) is 43.7 Å². The summed E-state index contributed by atoms with van der Waals surface area (Å²) in [6.07, 6.45) is -3.35. The molecule has 0 aliphatic heterocycles. The van der Waals surface area contributed by atoms with Gasteiger partial charge in [0.05, 0.1) is 11.7 Å². The highest BCUT2D eigenvalue weighted by molar-refractivity contribution is 6.39. The molecule has 0 amide bonds. The summed E-state index contributed by atoms with van der Waals surface area (Å²) in [6, 6.07) is 8.39. The molecule has 0 radical (unpaired) electrons. The van der Waals surface area contributed by atoms with Crippen molar-refractivity contribution in [3.05, 3.63) is 57.6 Å². The number of nitrogens with one attached hydrogen (secondary N) is 1. The topological polar surface area (TPSA) is 32.3 Å². The Kier molecular flexibility index (Phi) is 6.40. The third-order valence-corrected chi connectivity index (χ3v) is 5.28. The third kappa shape index (κ3) is 4.38. The van der Waals surface area contributed by atoms with Crippen molar-refractivity contribution in [1.82, 2.24) is 5.32 Å². The van der Waals surface area contributed by atoms with Gasteiger partial charge in [0.1, 0.15) is 0 Å². The monoisotopic (exact) mass is 429 g/mol. The fourth-order valence-electron chi connectivity index (χ4n) is 3.31. The molecule has 3 aromatic carbocycles. The maximum Gasteiger partial charge on any atom is 0.416 e. The Morgan fingerprint density at radius 3 is 2.39 bits per heavy atom. The van der Waals surface area contributed by atoms with Gasteiger partial charge in [0.25, 0.3) is 0 Å². The lowest BCUT2D eigenvalue weighted by Gasteiger charge is -2.18. The van der Waals surface area contributed by atoms with Crippen LogP contribution in [0.3, 0.4) is 0 Å². The summed E-state index contributed by atoms with van der Waals surface area (Å²) in [6.45, 7) is 3.13. The fraction of sp³-hybridized carbons (Fsp3) is 0.333. The summed E-state index contributed by atoms with van der Waals surface area (Å²) in [4.78, 5) is 0. The second-order valence-electron chi connectivity index (χ2n) is 6.78. The SMILES string of the molecule is CCCCNC[C@@H](O)c1cc2c(Cl)cc(Cl)cc2c2cc(C(F)(F)F)ccc12. The lowest BCUT2D eigenvalue weighted by Crippen LogP contribution is -2.22. The van der Waals surface area contributed by atoms with Gasteiger partial charge in [-0.05, 0) is 65.0 Å². The number of hydrogen-bond donors (Lipinski definition) is 2. The number of hydrogen-bond acceptors (Lipinski definition) is 2. The molecule has 0 saturated carbocycles. The Balaban J connectivity index is 2.20. The van der Waals surface area contributed by atoms with Crippen molar-refractivity contribution >= 4 is 44.7 Å². The van der Waals surface area contributed by atoms with Crippen LogP contribution in [0, 0.1) is 0 Å². The summed E-state index contributed by atoms with van der Waals surface area (Å²) in [5.74, 6) is 0. The van der Waals surface area contributed by atoms with Gasteiger partial charge in [-0.1, -0.05) is 42.6 Å². The van der Waals surface area contributed by atoms with E-state index in [-0.39, 0.29) is 0 Å². The predicted octanol–water partition coefficient (Wildman–Crippen LogP) is 6.74. The molecule has 7 heteroatoms. The fourth-order valence-corrected chi connectivity index (χ4v) is 3.86. The molecule has 0 aromatic heterocycles. The van der Waals surface area contributed by atoms with Crippen LogP contribution in [0.4, 0.5) is 13.2 Å². The summed E-state index contributed by atoms with van der Waals surface area (Å²) >= 11 is 12.4. The average Bonchev–Trinajstić information content (AvgIpc) is 2.63. The van der Waals surface area contributed by atoms with Gasteiger partial charge in [0, 0.05) is 22.0 Å². The van der Waals surface area contributed by atoms with Gasteiger partial charge in [-0.15, -0.1) is 0 Å². The summed E-state index contributed by atoms with van der Waals surface area (Å²) in [5, 5.41) is 16.5. The van der Waals surface area contributed by atoms with Crippen molar-refractivity contribution in [1.29, 1.82) is 0 Å². The number of aliphatic hydroxyl groups is 1. The van der Waals surface area contributed by atoms with Gasteiger partial charge in [-0.25, -0.2) is 0 Å². The second kappa shape index (κ2) is 8.46. The zero-order chi connectivity index (χ0) is 20.5. The molecule has 0 heterocycles. The number of benzene rings is 3. The van der Waals surface area contributed by atoms with E-state index in [1.165, 1.54) is 6.07 Å². The van der Waals surface area contributed by atoms with Gasteiger partial charge < -0.3 is 10.4 Å². The molecular formula is C21H20Cl2F3NO. The van der Waals surface area contributed by atoms with Crippen molar-refractivity contribution in [2.24, 2.45) is 0 Å². The molecule has 2 N–H and O–H groups in total. The first-order chi connectivity index (χ1) is 13.2. The molecular weight excluding hydrogens is 410 g/mol.